The van der Waals surface area contributed by atoms with Gasteiger partial charge in [0.15, 0.2) is 17.1 Å². The number of fused-ring (bicyclic) bond motifs is 2. The first-order valence-electron chi connectivity index (χ1n) is 13.3. The number of rotatable bonds is 8. The third-order valence-corrected chi connectivity index (χ3v) is 7.40. The van der Waals surface area contributed by atoms with Gasteiger partial charge in [-0.25, -0.2) is 24.5 Å². The van der Waals surface area contributed by atoms with Gasteiger partial charge in [0, 0.05) is 17.8 Å². The number of benzene rings is 2. The second-order valence-electron chi connectivity index (χ2n) is 10.2. The molecule has 0 saturated heterocycles. The lowest BCUT2D eigenvalue weighted by molar-refractivity contribution is 0.110. The van der Waals surface area contributed by atoms with Crippen molar-refractivity contribution in [2.75, 3.05) is 26.5 Å². The van der Waals surface area contributed by atoms with Gasteiger partial charge in [0.25, 0.3) is 0 Å². The summed E-state index contributed by atoms with van der Waals surface area (Å²) in [6, 6.07) is 12.0. The highest BCUT2D eigenvalue weighted by atomic mass is 16.5. The highest BCUT2D eigenvalue weighted by Gasteiger charge is 2.26. The van der Waals surface area contributed by atoms with Gasteiger partial charge in [-0.2, -0.15) is 5.10 Å². The van der Waals surface area contributed by atoms with Crippen molar-refractivity contribution in [3.05, 3.63) is 60.9 Å². The fourth-order valence-corrected chi connectivity index (χ4v) is 5.18. The molecule has 2 aromatic carbocycles. The van der Waals surface area contributed by atoms with Crippen LogP contribution in [0.3, 0.4) is 0 Å². The van der Waals surface area contributed by atoms with Crippen molar-refractivity contribution in [2.45, 2.75) is 44.8 Å². The first-order valence-corrected chi connectivity index (χ1v) is 13.3. The van der Waals surface area contributed by atoms with Crippen LogP contribution in [0.4, 0.5) is 11.5 Å². The number of ether oxygens (including phenoxy) is 3. The molecule has 40 heavy (non-hydrogen) atoms. The van der Waals surface area contributed by atoms with Crippen molar-refractivity contribution in [3.8, 4) is 23.1 Å². The average molecular weight is 541 g/mol. The van der Waals surface area contributed by atoms with Crippen LogP contribution in [0.25, 0.3) is 16.6 Å². The summed E-state index contributed by atoms with van der Waals surface area (Å²) in [5.41, 5.74) is 3.22. The Bertz CT molecular complexity index is 1650. The molecule has 1 aliphatic carbocycles. The second-order valence-corrected chi connectivity index (χ2v) is 10.2. The quantitative estimate of drug-likeness (QED) is 0.283. The van der Waals surface area contributed by atoms with Crippen LogP contribution >= 0.6 is 0 Å². The predicted octanol–water partition coefficient (Wildman–Crippen LogP) is 5.17. The van der Waals surface area contributed by atoms with E-state index in [0.29, 0.717) is 40.6 Å². The Morgan fingerprint density at radius 3 is 2.52 bits per heavy atom. The van der Waals surface area contributed by atoms with Gasteiger partial charge in [-0.15, -0.1) is 0 Å². The number of aromatic nitrogens is 6. The molecule has 206 valence electrons. The van der Waals surface area contributed by atoms with Crippen LogP contribution in [0.1, 0.15) is 31.2 Å². The molecule has 0 aliphatic heterocycles. The van der Waals surface area contributed by atoms with E-state index in [1.54, 1.807) is 30.3 Å². The molecule has 1 aliphatic rings. The van der Waals surface area contributed by atoms with Crippen molar-refractivity contribution in [1.29, 1.82) is 0 Å². The fraction of sp³-hybridized carbons (Fsp3) is 0.345. The highest BCUT2D eigenvalue weighted by molar-refractivity contribution is 5.97. The summed E-state index contributed by atoms with van der Waals surface area (Å²) in [5.74, 6) is 3.11. The molecule has 0 atom stereocenters. The van der Waals surface area contributed by atoms with Crippen molar-refractivity contribution in [3.63, 3.8) is 0 Å². The SMILES string of the molecule is COc1ccc2ncnc(Nc3ccc(Oc4cc5ncnn5cn4)c(C)c3)c2c1OC1CCC(N(C)C)CC1. The third kappa shape index (κ3) is 5.20. The Kier molecular flexibility index (Phi) is 7.04. The topological polar surface area (TPSA) is 112 Å². The minimum absolute atomic E-state index is 0.105. The summed E-state index contributed by atoms with van der Waals surface area (Å²) in [6.45, 7) is 1.98. The van der Waals surface area contributed by atoms with Crippen molar-refractivity contribution >= 4 is 28.1 Å². The molecular weight excluding hydrogens is 508 g/mol. The number of nitrogens with zero attached hydrogens (tertiary/aromatic N) is 7. The zero-order valence-corrected chi connectivity index (χ0v) is 23.0. The summed E-state index contributed by atoms with van der Waals surface area (Å²) in [6.07, 6.45) is 8.88. The zero-order valence-electron chi connectivity index (χ0n) is 23.0. The summed E-state index contributed by atoms with van der Waals surface area (Å²) < 4.78 is 20.0. The van der Waals surface area contributed by atoms with Crippen molar-refractivity contribution in [1.82, 2.24) is 34.4 Å². The maximum Gasteiger partial charge on any atom is 0.224 e. The Morgan fingerprint density at radius 1 is 0.925 bits per heavy atom. The van der Waals surface area contributed by atoms with Crippen LogP contribution in [-0.4, -0.2) is 67.8 Å². The Hall–Kier alpha value is -4.51. The summed E-state index contributed by atoms with van der Waals surface area (Å²) in [5, 5.41) is 8.32. The number of hydrogen-bond donors (Lipinski definition) is 1. The van der Waals surface area contributed by atoms with E-state index >= 15 is 0 Å². The summed E-state index contributed by atoms with van der Waals surface area (Å²) in [4.78, 5) is 19.9. The van der Waals surface area contributed by atoms with Gasteiger partial charge in [0.1, 0.15) is 30.5 Å². The Labute approximate surface area is 232 Å². The highest BCUT2D eigenvalue weighted by Crippen LogP contribution is 2.41. The van der Waals surface area contributed by atoms with Crippen LogP contribution in [0.2, 0.25) is 0 Å². The third-order valence-electron chi connectivity index (χ3n) is 7.40. The van der Waals surface area contributed by atoms with E-state index in [1.165, 1.54) is 6.33 Å². The summed E-state index contributed by atoms with van der Waals surface area (Å²) >= 11 is 0. The first kappa shape index (κ1) is 25.8. The second kappa shape index (κ2) is 10.9. The number of hydrogen-bond acceptors (Lipinski definition) is 10. The van der Waals surface area contributed by atoms with Crippen molar-refractivity contribution < 1.29 is 14.2 Å². The molecular formula is C29H32N8O3. The molecule has 1 N–H and O–H groups in total. The van der Waals surface area contributed by atoms with Crippen LogP contribution in [0.5, 0.6) is 23.1 Å². The average Bonchev–Trinajstić information content (AvgIpc) is 3.43. The Balaban J connectivity index is 1.26. The van der Waals surface area contributed by atoms with Crippen LogP contribution < -0.4 is 19.5 Å². The maximum atomic E-state index is 6.63. The largest absolute Gasteiger partial charge is 0.493 e. The van der Waals surface area contributed by atoms with Gasteiger partial charge >= 0.3 is 0 Å². The van der Waals surface area contributed by atoms with Gasteiger partial charge in [0.2, 0.25) is 5.88 Å². The molecule has 1 saturated carbocycles. The molecule has 11 heteroatoms. The molecule has 11 nitrogen and oxygen atoms in total. The molecule has 5 aromatic rings. The Morgan fingerprint density at radius 2 is 1.75 bits per heavy atom. The fourth-order valence-electron chi connectivity index (χ4n) is 5.18. The maximum absolute atomic E-state index is 6.63. The van der Waals surface area contributed by atoms with Crippen molar-refractivity contribution in [2.24, 2.45) is 0 Å². The van der Waals surface area contributed by atoms with E-state index in [9.17, 15) is 0 Å². The van der Waals surface area contributed by atoms with E-state index in [2.05, 4.69) is 49.3 Å². The van der Waals surface area contributed by atoms with Gasteiger partial charge in [-0.05, 0) is 82.6 Å². The molecule has 1 fully saturated rings. The molecule has 3 aromatic heterocycles. The van der Waals surface area contributed by atoms with Crippen LogP contribution in [-0.2, 0) is 0 Å². The molecule has 0 amide bonds. The van der Waals surface area contributed by atoms with Gasteiger partial charge in [0.05, 0.1) is 24.1 Å². The van der Waals surface area contributed by atoms with Crippen LogP contribution in [0, 0.1) is 6.92 Å². The predicted molar refractivity (Wildman–Crippen MR) is 152 cm³/mol. The van der Waals surface area contributed by atoms with Gasteiger partial charge < -0.3 is 24.4 Å². The molecule has 0 spiro atoms. The lowest BCUT2D eigenvalue weighted by Gasteiger charge is -2.33. The number of methoxy groups -OCH3 is 1. The number of aryl methyl sites for hydroxylation is 1. The standard InChI is InChI=1S/C29H32N8O3/c1-18-13-19(5-11-23(18)40-26-14-25-31-16-34-37(25)17-33-26)35-29-27-22(30-15-32-29)10-12-24(38-4)28(27)39-21-8-6-20(7-9-21)36(2)3/h5,10-17,20-21H,6-9H2,1-4H3,(H,30,32,35). The monoisotopic (exact) mass is 540 g/mol. The molecule has 0 radical (unpaired) electrons. The lowest BCUT2D eigenvalue weighted by Crippen LogP contribution is -2.35. The van der Waals surface area contributed by atoms with E-state index in [1.807, 2.05) is 37.3 Å². The minimum Gasteiger partial charge on any atom is -0.493 e. The molecule has 0 bridgehead atoms. The molecule has 6 rings (SSSR count). The van der Waals surface area contributed by atoms with E-state index in [-0.39, 0.29) is 6.10 Å². The molecule has 0 unspecified atom stereocenters. The van der Waals surface area contributed by atoms with Crippen LogP contribution in [0.15, 0.2) is 55.4 Å². The van der Waals surface area contributed by atoms with E-state index in [4.69, 9.17) is 14.2 Å². The van der Waals surface area contributed by atoms with Gasteiger partial charge in [-0.3, -0.25) is 0 Å². The summed E-state index contributed by atoms with van der Waals surface area (Å²) in [7, 11) is 5.94. The number of nitrogens with one attached hydrogen (secondary N) is 1. The minimum atomic E-state index is 0.105. The van der Waals surface area contributed by atoms with E-state index < -0.39 is 0 Å². The molecule has 3 heterocycles. The lowest BCUT2D eigenvalue weighted by atomic mass is 9.92. The zero-order chi connectivity index (χ0) is 27.6. The number of anilines is 2. The van der Waals surface area contributed by atoms with Gasteiger partial charge in [-0.1, -0.05) is 0 Å². The first-order chi connectivity index (χ1) is 19.5. The smallest absolute Gasteiger partial charge is 0.224 e. The normalized spacial score (nSPS) is 17.3. The van der Waals surface area contributed by atoms with E-state index in [0.717, 1.165) is 47.8 Å².